The second-order valence-electron chi connectivity index (χ2n) is 4.45. The molecule has 1 N–H and O–H groups in total. The fraction of sp³-hybridized carbons (Fsp3) is 0.467. The highest BCUT2D eigenvalue weighted by Crippen LogP contribution is 2.38. The van der Waals surface area contributed by atoms with Gasteiger partial charge in [0, 0.05) is 12.1 Å². The molecule has 111 valence electrons. The van der Waals surface area contributed by atoms with E-state index < -0.39 is 0 Å². The van der Waals surface area contributed by atoms with Crippen LogP contribution < -0.4 is 19.5 Å². The van der Waals surface area contributed by atoms with Gasteiger partial charge in [-0.05, 0) is 5.92 Å². The van der Waals surface area contributed by atoms with Crippen molar-refractivity contribution in [2.24, 2.45) is 5.92 Å². The minimum absolute atomic E-state index is 0.180. The van der Waals surface area contributed by atoms with E-state index in [2.05, 4.69) is 5.32 Å². The molecule has 0 fully saturated rings. The number of nitrogens with one attached hydrogen (secondary N) is 1. The molecule has 0 saturated carbocycles. The molecule has 1 atom stereocenters. The third kappa shape index (κ3) is 4.05. The zero-order valence-corrected chi connectivity index (χ0v) is 12.6. The average Bonchev–Trinajstić information content (AvgIpc) is 2.46. The van der Waals surface area contributed by atoms with Crippen LogP contribution in [0.2, 0.25) is 0 Å². The number of methoxy groups -OCH3 is 3. The minimum atomic E-state index is -0.180. The van der Waals surface area contributed by atoms with Gasteiger partial charge in [-0.1, -0.05) is 20.3 Å². The van der Waals surface area contributed by atoms with Crippen molar-refractivity contribution in [1.82, 2.24) is 0 Å². The molecule has 5 nitrogen and oxygen atoms in total. The number of hydrogen-bond acceptors (Lipinski definition) is 4. The van der Waals surface area contributed by atoms with Gasteiger partial charge in [-0.25, -0.2) is 0 Å². The van der Waals surface area contributed by atoms with E-state index in [0.717, 1.165) is 6.42 Å². The van der Waals surface area contributed by atoms with Crippen molar-refractivity contribution in [3.63, 3.8) is 0 Å². The Morgan fingerprint density at radius 1 is 1.20 bits per heavy atom. The lowest BCUT2D eigenvalue weighted by Crippen LogP contribution is -2.17. The first-order valence-electron chi connectivity index (χ1n) is 6.51. The highest BCUT2D eigenvalue weighted by atomic mass is 16.5. The molecule has 1 radical (unpaired) electrons. The van der Waals surface area contributed by atoms with Gasteiger partial charge in [-0.3, -0.25) is 4.79 Å². The van der Waals surface area contributed by atoms with Gasteiger partial charge < -0.3 is 19.5 Å². The lowest BCUT2D eigenvalue weighted by atomic mass is 10.0. The van der Waals surface area contributed by atoms with Gasteiger partial charge in [-0.15, -0.1) is 0 Å². The van der Waals surface area contributed by atoms with Gasteiger partial charge in [0.25, 0.3) is 0 Å². The summed E-state index contributed by atoms with van der Waals surface area (Å²) < 4.78 is 15.7. The van der Waals surface area contributed by atoms with Crippen LogP contribution in [0.5, 0.6) is 17.2 Å². The molecule has 0 unspecified atom stereocenters. The zero-order valence-electron chi connectivity index (χ0n) is 12.6. The summed E-state index contributed by atoms with van der Waals surface area (Å²) >= 11 is 0. The number of carbonyl (C=O) groups is 1. The van der Waals surface area contributed by atoms with Crippen molar-refractivity contribution in [2.75, 3.05) is 26.6 Å². The fourth-order valence-corrected chi connectivity index (χ4v) is 1.67. The van der Waals surface area contributed by atoms with E-state index in [9.17, 15) is 4.79 Å². The van der Waals surface area contributed by atoms with E-state index in [1.807, 2.05) is 13.8 Å². The fourth-order valence-electron chi connectivity index (χ4n) is 1.67. The van der Waals surface area contributed by atoms with Crippen molar-refractivity contribution < 1.29 is 19.0 Å². The Morgan fingerprint density at radius 3 is 2.15 bits per heavy atom. The lowest BCUT2D eigenvalue weighted by Gasteiger charge is -2.16. The molecule has 0 aliphatic heterocycles. The Labute approximate surface area is 120 Å². The largest absolute Gasteiger partial charge is 0.496 e. The quantitative estimate of drug-likeness (QED) is 0.834. The van der Waals surface area contributed by atoms with E-state index >= 15 is 0 Å². The van der Waals surface area contributed by atoms with E-state index in [-0.39, 0.29) is 11.8 Å². The van der Waals surface area contributed by atoms with Gasteiger partial charge in [0.15, 0.2) is 0 Å². The van der Waals surface area contributed by atoms with Gasteiger partial charge in [0.1, 0.15) is 22.9 Å². The van der Waals surface area contributed by atoms with Gasteiger partial charge in [0.05, 0.1) is 27.8 Å². The van der Waals surface area contributed by atoms with Gasteiger partial charge in [-0.2, -0.15) is 0 Å². The first kappa shape index (κ1) is 16.1. The molecule has 0 aliphatic rings. The average molecular weight is 280 g/mol. The summed E-state index contributed by atoms with van der Waals surface area (Å²) in [5, 5.41) is 2.80. The molecule has 0 bridgehead atoms. The molecule has 1 aromatic rings. The first-order valence-corrected chi connectivity index (χ1v) is 6.51. The summed E-state index contributed by atoms with van der Waals surface area (Å²) in [5.41, 5.74) is 0.500. The van der Waals surface area contributed by atoms with Crippen LogP contribution in [0.4, 0.5) is 5.69 Å². The molecule has 20 heavy (non-hydrogen) atoms. The van der Waals surface area contributed by atoms with Crippen LogP contribution in [-0.2, 0) is 4.79 Å². The number of amides is 1. The summed E-state index contributed by atoms with van der Waals surface area (Å²) in [7, 11) is 4.62. The first-order chi connectivity index (χ1) is 9.55. The third-order valence-electron chi connectivity index (χ3n) is 3.04. The highest BCUT2D eigenvalue weighted by Gasteiger charge is 2.17. The van der Waals surface area contributed by atoms with Crippen LogP contribution in [0.1, 0.15) is 20.3 Å². The maximum Gasteiger partial charge on any atom is 0.228 e. The standard InChI is InChI=1S/C15H22NO4/c1-6-10(2)7-14(17)16-15-12(19-4)8-11(18-3)9-13(15)20-5/h7-10H,6H2,1-5H3,(H,16,17)/t10-/m1/s1. The predicted octanol–water partition coefficient (Wildman–Crippen LogP) is 2.90. The Bertz CT molecular complexity index is 434. The maximum absolute atomic E-state index is 12.0. The Balaban J connectivity index is 3.00. The number of rotatable bonds is 7. The number of benzene rings is 1. The second-order valence-corrected chi connectivity index (χ2v) is 4.45. The van der Waals surface area contributed by atoms with Crippen molar-refractivity contribution in [3.05, 3.63) is 18.6 Å². The summed E-state index contributed by atoms with van der Waals surface area (Å²) in [4.78, 5) is 12.0. The molecule has 0 aliphatic carbocycles. The summed E-state index contributed by atoms with van der Waals surface area (Å²) in [6, 6.07) is 3.39. The van der Waals surface area contributed by atoms with E-state index in [1.165, 1.54) is 14.2 Å². The number of ether oxygens (including phenoxy) is 3. The van der Waals surface area contributed by atoms with Crippen LogP contribution in [0.3, 0.4) is 0 Å². The molecular weight excluding hydrogens is 258 g/mol. The van der Waals surface area contributed by atoms with Crippen LogP contribution in [0, 0.1) is 12.3 Å². The predicted molar refractivity (Wildman–Crippen MR) is 78.5 cm³/mol. The number of carbonyl (C=O) groups excluding carboxylic acids is 1. The molecule has 1 aromatic carbocycles. The van der Waals surface area contributed by atoms with E-state index in [1.54, 1.807) is 25.7 Å². The van der Waals surface area contributed by atoms with Crippen molar-refractivity contribution in [1.29, 1.82) is 0 Å². The van der Waals surface area contributed by atoms with Crippen LogP contribution in [0.25, 0.3) is 0 Å². The number of anilines is 1. The minimum Gasteiger partial charge on any atom is -0.496 e. The summed E-state index contributed by atoms with van der Waals surface area (Å²) in [6.07, 6.45) is 2.55. The molecule has 1 rings (SSSR count). The normalized spacial score (nSPS) is 11.7. The molecule has 0 heterocycles. The van der Waals surface area contributed by atoms with Gasteiger partial charge >= 0.3 is 0 Å². The van der Waals surface area contributed by atoms with Crippen molar-refractivity contribution in [3.8, 4) is 17.2 Å². The smallest absolute Gasteiger partial charge is 0.228 e. The Kier molecular flexibility index (Phi) is 6.15. The molecular formula is C15H22NO4. The van der Waals surface area contributed by atoms with Crippen LogP contribution in [-0.4, -0.2) is 27.2 Å². The van der Waals surface area contributed by atoms with E-state index in [0.29, 0.717) is 22.9 Å². The van der Waals surface area contributed by atoms with Crippen molar-refractivity contribution in [2.45, 2.75) is 20.3 Å². The van der Waals surface area contributed by atoms with Crippen LogP contribution in [0.15, 0.2) is 12.1 Å². The third-order valence-corrected chi connectivity index (χ3v) is 3.04. The molecule has 0 aromatic heterocycles. The molecule has 0 saturated heterocycles. The maximum atomic E-state index is 12.0. The summed E-state index contributed by atoms with van der Waals surface area (Å²) in [6.45, 7) is 4.02. The van der Waals surface area contributed by atoms with Crippen LogP contribution >= 0.6 is 0 Å². The zero-order chi connectivity index (χ0) is 15.1. The molecule has 0 spiro atoms. The van der Waals surface area contributed by atoms with Gasteiger partial charge in [0.2, 0.25) is 5.91 Å². The molecule has 5 heteroatoms. The lowest BCUT2D eigenvalue weighted by molar-refractivity contribution is -0.113. The topological polar surface area (TPSA) is 56.8 Å². The van der Waals surface area contributed by atoms with E-state index in [4.69, 9.17) is 14.2 Å². The Hall–Kier alpha value is -1.91. The highest BCUT2D eigenvalue weighted by molar-refractivity contribution is 6.00. The summed E-state index contributed by atoms with van der Waals surface area (Å²) in [5.74, 6) is 1.62. The molecule has 1 amide bonds. The SMILES string of the molecule is CC[C@@H](C)[CH]C(=O)Nc1c(OC)cc(OC)cc1OC. The monoisotopic (exact) mass is 280 g/mol. The Morgan fingerprint density at radius 2 is 1.75 bits per heavy atom. The number of hydrogen-bond donors (Lipinski definition) is 1. The van der Waals surface area contributed by atoms with Crippen molar-refractivity contribution >= 4 is 11.6 Å². The second kappa shape index (κ2) is 7.62.